The summed E-state index contributed by atoms with van der Waals surface area (Å²) in [6.45, 7) is 6.85. The van der Waals surface area contributed by atoms with E-state index in [2.05, 4.69) is 45.2 Å². The first-order valence-corrected chi connectivity index (χ1v) is 11.0. The van der Waals surface area contributed by atoms with E-state index in [1.54, 1.807) is 17.9 Å². The number of rotatable bonds is 4. The highest BCUT2D eigenvalue weighted by molar-refractivity contribution is 6.09. The van der Waals surface area contributed by atoms with Crippen molar-refractivity contribution >= 4 is 28.3 Å². The molecule has 0 bridgehead atoms. The second-order valence-corrected chi connectivity index (χ2v) is 8.67. The van der Waals surface area contributed by atoms with Gasteiger partial charge in [-0.25, -0.2) is 0 Å². The Labute approximate surface area is 186 Å². The quantitative estimate of drug-likeness (QED) is 0.615. The number of likely N-dealkylation sites (N-methyl/N-ethyl adjacent to an activating group) is 1. The normalized spacial score (nSPS) is 16.6. The molecule has 0 aliphatic carbocycles. The molecule has 2 aromatic carbocycles. The molecule has 2 N–H and O–H groups in total. The first-order valence-electron chi connectivity index (χ1n) is 11.0. The largest absolute Gasteiger partial charge is 0.507 e. The average Bonchev–Trinajstić information content (AvgIpc) is 3.41. The van der Waals surface area contributed by atoms with E-state index >= 15 is 0 Å². The highest BCUT2D eigenvalue weighted by atomic mass is 16.3. The van der Waals surface area contributed by atoms with E-state index < -0.39 is 0 Å². The lowest BCUT2D eigenvalue weighted by molar-refractivity contribution is 0.0748. The van der Waals surface area contributed by atoms with E-state index in [1.165, 1.54) is 11.8 Å². The number of carbonyl (C=O) groups excluding carboxylic acids is 2. The Morgan fingerprint density at radius 3 is 2.56 bits per heavy atom. The predicted molar refractivity (Wildman–Crippen MR) is 122 cm³/mol. The van der Waals surface area contributed by atoms with Gasteiger partial charge in [-0.15, -0.1) is 0 Å². The number of carbonyl (C=O) groups is 2. The molecule has 0 unspecified atom stereocenters. The molecule has 166 valence electrons. The number of nitrogens with zero attached hydrogens (tertiary/aromatic N) is 4. The number of ketones is 1. The molecule has 32 heavy (non-hydrogen) atoms. The lowest BCUT2D eigenvalue weighted by atomic mass is 10.1. The third kappa shape index (κ3) is 3.50. The zero-order valence-electron chi connectivity index (χ0n) is 18.4. The number of amides is 1. The number of aromatic amines is 1. The standard InChI is InChI=1S/C24H27N5O3/c1-3-21(30)23-18-11-19(22(31)12-20(18)25-26-23)24(32)29-13-15-4-5-17(10-16(15)14-29)28-8-6-27(2)7-9-28/h4-5,10-12,31H,3,6-9,13-14H2,1-2H3,(H,25,26). The van der Waals surface area contributed by atoms with Gasteiger partial charge in [-0.3, -0.25) is 14.7 Å². The predicted octanol–water partition coefficient (Wildman–Crippen LogP) is 2.77. The van der Waals surface area contributed by atoms with Crippen LogP contribution in [0.5, 0.6) is 5.75 Å². The first-order chi connectivity index (χ1) is 15.4. The zero-order chi connectivity index (χ0) is 22.4. The topological polar surface area (TPSA) is 92.8 Å². The molecular formula is C24H27N5O3. The average molecular weight is 434 g/mol. The van der Waals surface area contributed by atoms with E-state index in [0.717, 1.165) is 37.3 Å². The molecule has 0 spiro atoms. The number of nitrogens with one attached hydrogen (secondary N) is 1. The number of phenols is 1. The number of H-pyrrole nitrogens is 1. The number of hydrogen-bond donors (Lipinski definition) is 2. The van der Waals surface area contributed by atoms with Crippen LogP contribution in [0.15, 0.2) is 30.3 Å². The summed E-state index contributed by atoms with van der Waals surface area (Å²) in [5.41, 5.74) is 4.49. The van der Waals surface area contributed by atoms with Crippen molar-refractivity contribution in [3.05, 3.63) is 52.7 Å². The van der Waals surface area contributed by atoms with Gasteiger partial charge in [0, 0.05) is 62.8 Å². The molecule has 0 atom stereocenters. The smallest absolute Gasteiger partial charge is 0.258 e. The van der Waals surface area contributed by atoms with Gasteiger partial charge < -0.3 is 19.8 Å². The summed E-state index contributed by atoms with van der Waals surface area (Å²) in [4.78, 5) is 32.0. The van der Waals surface area contributed by atoms with Crippen LogP contribution in [0, 0.1) is 0 Å². The van der Waals surface area contributed by atoms with Crippen molar-refractivity contribution in [2.45, 2.75) is 26.4 Å². The lowest BCUT2D eigenvalue weighted by Crippen LogP contribution is -2.44. The monoisotopic (exact) mass is 433 g/mol. The highest BCUT2D eigenvalue weighted by Gasteiger charge is 2.28. The van der Waals surface area contributed by atoms with Gasteiger partial charge in [0.05, 0.1) is 11.1 Å². The van der Waals surface area contributed by atoms with Crippen molar-refractivity contribution < 1.29 is 14.7 Å². The van der Waals surface area contributed by atoms with Gasteiger partial charge in [0.1, 0.15) is 11.4 Å². The molecule has 3 heterocycles. The van der Waals surface area contributed by atoms with Crippen LogP contribution in [0.1, 0.15) is 45.3 Å². The van der Waals surface area contributed by atoms with E-state index in [9.17, 15) is 14.7 Å². The summed E-state index contributed by atoms with van der Waals surface area (Å²) in [5, 5.41) is 17.9. The molecule has 2 aliphatic rings. The Bertz CT molecular complexity index is 1210. The first kappa shape index (κ1) is 20.5. The minimum absolute atomic E-state index is 0.106. The van der Waals surface area contributed by atoms with Crippen LogP contribution in [0.4, 0.5) is 5.69 Å². The van der Waals surface area contributed by atoms with Crippen LogP contribution >= 0.6 is 0 Å². The molecule has 0 radical (unpaired) electrons. The fourth-order valence-corrected chi connectivity index (χ4v) is 4.56. The van der Waals surface area contributed by atoms with E-state index in [-0.39, 0.29) is 23.0 Å². The van der Waals surface area contributed by atoms with Gasteiger partial charge in [-0.2, -0.15) is 5.10 Å². The number of anilines is 1. The maximum Gasteiger partial charge on any atom is 0.258 e. The Balaban J connectivity index is 1.39. The summed E-state index contributed by atoms with van der Waals surface area (Å²) < 4.78 is 0. The number of piperazine rings is 1. The van der Waals surface area contributed by atoms with Crippen LogP contribution in [0.2, 0.25) is 0 Å². The molecule has 1 amide bonds. The molecule has 8 heteroatoms. The van der Waals surface area contributed by atoms with Crippen LogP contribution in [0.25, 0.3) is 10.9 Å². The van der Waals surface area contributed by atoms with Crippen molar-refractivity contribution in [3.63, 3.8) is 0 Å². The fourth-order valence-electron chi connectivity index (χ4n) is 4.56. The summed E-state index contributed by atoms with van der Waals surface area (Å²) in [6.07, 6.45) is 0.321. The number of hydrogen-bond acceptors (Lipinski definition) is 6. The van der Waals surface area contributed by atoms with Crippen LogP contribution in [0.3, 0.4) is 0 Å². The molecular weight excluding hydrogens is 406 g/mol. The number of aromatic hydroxyl groups is 1. The SMILES string of the molecule is CCC(=O)c1n[nH]c2cc(O)c(C(=O)N3Cc4ccc(N5CCN(C)CC5)cc4C3)cc12. The molecule has 1 saturated heterocycles. The van der Waals surface area contributed by atoms with E-state index in [0.29, 0.717) is 36.1 Å². The molecule has 3 aromatic rings. The van der Waals surface area contributed by atoms with Crippen molar-refractivity contribution in [1.29, 1.82) is 0 Å². The molecule has 1 aromatic heterocycles. The van der Waals surface area contributed by atoms with Gasteiger partial charge in [-0.05, 0) is 36.4 Å². The summed E-state index contributed by atoms with van der Waals surface area (Å²) in [7, 11) is 2.14. The maximum absolute atomic E-state index is 13.3. The molecule has 5 rings (SSSR count). The Kier molecular flexibility index (Phi) is 5.09. The van der Waals surface area contributed by atoms with Crippen LogP contribution < -0.4 is 4.90 Å². The summed E-state index contributed by atoms with van der Waals surface area (Å²) in [5.74, 6) is -0.473. The highest BCUT2D eigenvalue weighted by Crippen LogP contribution is 2.32. The van der Waals surface area contributed by atoms with Crippen LogP contribution in [-0.4, -0.2) is 70.0 Å². The lowest BCUT2D eigenvalue weighted by Gasteiger charge is -2.34. The fraction of sp³-hybridized carbons (Fsp3) is 0.375. The minimum atomic E-state index is -0.252. The second kappa shape index (κ2) is 7.94. The van der Waals surface area contributed by atoms with E-state index in [4.69, 9.17) is 0 Å². The number of phenolic OH excluding ortho intramolecular Hbond substituents is 1. The zero-order valence-corrected chi connectivity index (χ0v) is 18.4. The van der Waals surface area contributed by atoms with Crippen molar-refractivity contribution in [1.82, 2.24) is 20.0 Å². The number of benzene rings is 2. The Morgan fingerprint density at radius 2 is 1.81 bits per heavy atom. The Hall–Kier alpha value is -3.39. The van der Waals surface area contributed by atoms with Crippen molar-refractivity contribution in [3.8, 4) is 5.75 Å². The molecule has 1 fully saturated rings. The van der Waals surface area contributed by atoms with E-state index in [1.807, 2.05) is 0 Å². The van der Waals surface area contributed by atoms with Crippen LogP contribution in [-0.2, 0) is 13.1 Å². The third-order valence-electron chi connectivity index (χ3n) is 6.56. The third-order valence-corrected chi connectivity index (χ3v) is 6.56. The van der Waals surface area contributed by atoms with Gasteiger partial charge >= 0.3 is 0 Å². The number of aromatic nitrogens is 2. The molecule has 2 aliphatic heterocycles. The van der Waals surface area contributed by atoms with Gasteiger partial charge in [0.25, 0.3) is 5.91 Å². The van der Waals surface area contributed by atoms with Crippen molar-refractivity contribution in [2.75, 3.05) is 38.1 Å². The molecule has 8 nitrogen and oxygen atoms in total. The summed E-state index contributed by atoms with van der Waals surface area (Å²) in [6, 6.07) is 9.48. The van der Waals surface area contributed by atoms with Gasteiger partial charge in [0.2, 0.25) is 0 Å². The minimum Gasteiger partial charge on any atom is -0.507 e. The maximum atomic E-state index is 13.3. The van der Waals surface area contributed by atoms with Gasteiger partial charge in [0.15, 0.2) is 5.78 Å². The van der Waals surface area contributed by atoms with Gasteiger partial charge in [-0.1, -0.05) is 13.0 Å². The number of fused-ring (bicyclic) bond motifs is 2. The Morgan fingerprint density at radius 1 is 1.06 bits per heavy atom. The second-order valence-electron chi connectivity index (χ2n) is 8.67. The number of Topliss-reactive ketones (excluding diaryl/α,β-unsaturated/α-hetero) is 1. The van der Waals surface area contributed by atoms with Crippen molar-refractivity contribution in [2.24, 2.45) is 0 Å². The summed E-state index contributed by atoms with van der Waals surface area (Å²) >= 11 is 0. The molecule has 0 saturated carbocycles.